The molecule has 32 heavy (non-hydrogen) atoms. The van der Waals surface area contributed by atoms with E-state index in [4.69, 9.17) is 4.74 Å². The lowest BCUT2D eigenvalue weighted by molar-refractivity contribution is -0.152. The Hall–Kier alpha value is -3.35. The number of carbonyl (C=O) groups is 3. The summed E-state index contributed by atoms with van der Waals surface area (Å²) in [4.78, 5) is 36.4. The lowest BCUT2D eigenvalue weighted by Crippen LogP contribution is -2.60. The number of benzene rings is 2. The SMILES string of the molecule is CCC(CNC(=O)OCC1c2ccccc2-c2ccccc21)C(=O)NC1(C(=O)O)CCC1. The molecule has 168 valence electrons. The molecular weight excluding hydrogens is 408 g/mol. The molecule has 0 aromatic heterocycles. The van der Waals surface area contributed by atoms with Crippen molar-refractivity contribution in [3.63, 3.8) is 0 Å². The minimum absolute atomic E-state index is 0.0348. The van der Waals surface area contributed by atoms with Crippen molar-refractivity contribution < 1.29 is 24.2 Å². The maximum absolute atomic E-state index is 12.6. The summed E-state index contributed by atoms with van der Waals surface area (Å²) in [5.74, 6) is -1.91. The summed E-state index contributed by atoms with van der Waals surface area (Å²) in [6.07, 6.45) is 1.54. The number of hydrogen-bond donors (Lipinski definition) is 3. The third-order valence-corrected chi connectivity index (χ3v) is 6.68. The Morgan fingerprint density at radius 2 is 1.66 bits per heavy atom. The van der Waals surface area contributed by atoms with Crippen LogP contribution in [0.1, 0.15) is 49.7 Å². The van der Waals surface area contributed by atoms with E-state index < -0.39 is 23.5 Å². The van der Waals surface area contributed by atoms with Gasteiger partial charge < -0.3 is 20.5 Å². The van der Waals surface area contributed by atoms with Gasteiger partial charge in [-0.05, 0) is 47.9 Å². The fourth-order valence-electron chi connectivity index (χ4n) is 4.54. The summed E-state index contributed by atoms with van der Waals surface area (Å²) in [6.45, 7) is 2.12. The first kappa shape index (κ1) is 21.9. The first-order valence-corrected chi connectivity index (χ1v) is 11.1. The topological polar surface area (TPSA) is 105 Å². The van der Waals surface area contributed by atoms with Crippen LogP contribution in [-0.2, 0) is 14.3 Å². The third-order valence-electron chi connectivity index (χ3n) is 6.68. The van der Waals surface area contributed by atoms with Gasteiger partial charge in [0.25, 0.3) is 0 Å². The second-order valence-electron chi connectivity index (χ2n) is 8.54. The molecule has 1 atom stereocenters. The van der Waals surface area contributed by atoms with E-state index in [-0.39, 0.29) is 25.0 Å². The number of rotatable bonds is 8. The maximum Gasteiger partial charge on any atom is 0.407 e. The molecule has 3 N–H and O–H groups in total. The maximum atomic E-state index is 12.6. The Bertz CT molecular complexity index is 985. The molecule has 7 heteroatoms. The molecule has 2 aliphatic rings. The number of aliphatic carboxylic acids is 1. The van der Waals surface area contributed by atoms with Crippen molar-refractivity contribution in [2.24, 2.45) is 5.92 Å². The highest BCUT2D eigenvalue weighted by atomic mass is 16.5. The number of carbonyl (C=O) groups excluding carboxylic acids is 2. The first-order chi connectivity index (χ1) is 15.4. The number of ether oxygens (including phenoxy) is 1. The van der Waals surface area contributed by atoms with Crippen LogP contribution in [0.4, 0.5) is 4.79 Å². The number of hydrogen-bond acceptors (Lipinski definition) is 4. The molecule has 0 bridgehead atoms. The molecule has 0 aliphatic heterocycles. The lowest BCUT2D eigenvalue weighted by atomic mass is 9.76. The van der Waals surface area contributed by atoms with Crippen molar-refractivity contribution in [3.05, 3.63) is 59.7 Å². The van der Waals surface area contributed by atoms with Gasteiger partial charge in [0.05, 0.1) is 5.92 Å². The molecule has 0 saturated heterocycles. The second kappa shape index (κ2) is 9.02. The van der Waals surface area contributed by atoms with Crippen molar-refractivity contribution in [2.75, 3.05) is 13.2 Å². The number of carboxylic acids is 1. The van der Waals surface area contributed by atoms with Gasteiger partial charge in [0.1, 0.15) is 12.1 Å². The third kappa shape index (κ3) is 4.07. The van der Waals surface area contributed by atoms with Crippen LogP contribution >= 0.6 is 0 Å². The monoisotopic (exact) mass is 436 g/mol. The molecule has 0 spiro atoms. The van der Waals surface area contributed by atoms with E-state index in [0.717, 1.165) is 28.7 Å². The van der Waals surface area contributed by atoms with Gasteiger partial charge in [-0.25, -0.2) is 9.59 Å². The van der Waals surface area contributed by atoms with E-state index in [0.29, 0.717) is 19.3 Å². The molecule has 4 rings (SSSR count). The molecule has 2 amide bonds. The van der Waals surface area contributed by atoms with Crippen molar-refractivity contribution >= 4 is 18.0 Å². The number of carboxylic acid groups (broad SMARTS) is 1. The minimum Gasteiger partial charge on any atom is -0.480 e. The standard InChI is InChI=1S/C25H28N2O5/c1-2-16(22(28)27-25(23(29)30)12-7-13-25)14-26-24(31)32-15-21-19-10-5-3-8-17(19)18-9-4-6-11-20(18)21/h3-6,8-11,16,21H,2,7,12-15H2,1H3,(H,26,31)(H,27,28)(H,29,30). The van der Waals surface area contributed by atoms with Gasteiger partial charge in [0, 0.05) is 12.5 Å². The number of nitrogens with one attached hydrogen (secondary N) is 2. The van der Waals surface area contributed by atoms with Crippen molar-refractivity contribution in [1.29, 1.82) is 0 Å². The van der Waals surface area contributed by atoms with E-state index in [2.05, 4.69) is 34.9 Å². The Balaban J connectivity index is 1.32. The molecule has 2 aliphatic carbocycles. The normalized spacial score (nSPS) is 16.8. The fourth-order valence-corrected chi connectivity index (χ4v) is 4.54. The predicted octanol–water partition coefficient (Wildman–Crippen LogP) is 3.67. The minimum atomic E-state index is -1.16. The molecule has 2 aromatic rings. The van der Waals surface area contributed by atoms with Crippen LogP contribution in [0.15, 0.2) is 48.5 Å². The van der Waals surface area contributed by atoms with Crippen LogP contribution < -0.4 is 10.6 Å². The van der Waals surface area contributed by atoms with Crippen molar-refractivity contribution in [3.8, 4) is 11.1 Å². The molecular formula is C25H28N2O5. The van der Waals surface area contributed by atoms with Gasteiger partial charge >= 0.3 is 12.1 Å². The Morgan fingerprint density at radius 3 is 2.16 bits per heavy atom. The lowest BCUT2D eigenvalue weighted by Gasteiger charge is -2.39. The average Bonchev–Trinajstić information content (AvgIpc) is 3.08. The molecule has 0 radical (unpaired) electrons. The zero-order chi connectivity index (χ0) is 22.7. The predicted molar refractivity (Wildman–Crippen MR) is 119 cm³/mol. The van der Waals surface area contributed by atoms with Crippen LogP contribution in [0.2, 0.25) is 0 Å². The first-order valence-electron chi connectivity index (χ1n) is 11.1. The number of amides is 2. The van der Waals surface area contributed by atoms with Crippen molar-refractivity contribution in [2.45, 2.75) is 44.1 Å². The Labute approximate surface area is 187 Å². The number of alkyl carbamates (subject to hydrolysis) is 1. The largest absolute Gasteiger partial charge is 0.480 e. The average molecular weight is 437 g/mol. The van der Waals surface area contributed by atoms with Crippen LogP contribution in [0.25, 0.3) is 11.1 Å². The quantitative estimate of drug-likeness (QED) is 0.586. The summed E-state index contributed by atoms with van der Waals surface area (Å²) in [6, 6.07) is 16.2. The summed E-state index contributed by atoms with van der Waals surface area (Å²) >= 11 is 0. The molecule has 1 saturated carbocycles. The smallest absolute Gasteiger partial charge is 0.407 e. The van der Waals surface area contributed by atoms with Crippen LogP contribution in [-0.4, -0.2) is 41.8 Å². The molecule has 1 fully saturated rings. The van der Waals surface area contributed by atoms with E-state index in [1.54, 1.807) is 0 Å². The van der Waals surface area contributed by atoms with Crippen LogP contribution in [0.3, 0.4) is 0 Å². The highest BCUT2D eigenvalue weighted by Crippen LogP contribution is 2.44. The zero-order valence-corrected chi connectivity index (χ0v) is 18.1. The van der Waals surface area contributed by atoms with Gasteiger partial charge in [0.2, 0.25) is 5.91 Å². The van der Waals surface area contributed by atoms with Gasteiger partial charge in [-0.15, -0.1) is 0 Å². The summed E-state index contributed by atoms with van der Waals surface area (Å²) in [7, 11) is 0. The van der Waals surface area contributed by atoms with E-state index in [9.17, 15) is 19.5 Å². The van der Waals surface area contributed by atoms with Gasteiger partial charge in [0.15, 0.2) is 0 Å². The van der Waals surface area contributed by atoms with E-state index >= 15 is 0 Å². The zero-order valence-electron chi connectivity index (χ0n) is 18.1. The fraction of sp³-hybridized carbons (Fsp3) is 0.400. The Morgan fingerprint density at radius 1 is 1.06 bits per heavy atom. The van der Waals surface area contributed by atoms with Crippen molar-refractivity contribution in [1.82, 2.24) is 10.6 Å². The second-order valence-corrected chi connectivity index (χ2v) is 8.54. The number of fused-ring (bicyclic) bond motifs is 3. The van der Waals surface area contributed by atoms with Gasteiger partial charge in [-0.2, -0.15) is 0 Å². The van der Waals surface area contributed by atoms with E-state index in [1.165, 1.54) is 0 Å². The van der Waals surface area contributed by atoms with Gasteiger partial charge in [-0.3, -0.25) is 4.79 Å². The van der Waals surface area contributed by atoms with Crippen LogP contribution in [0, 0.1) is 5.92 Å². The highest BCUT2D eigenvalue weighted by Gasteiger charge is 2.46. The van der Waals surface area contributed by atoms with Crippen LogP contribution in [0.5, 0.6) is 0 Å². The molecule has 1 unspecified atom stereocenters. The van der Waals surface area contributed by atoms with Gasteiger partial charge in [-0.1, -0.05) is 55.5 Å². The molecule has 2 aromatic carbocycles. The van der Waals surface area contributed by atoms with E-state index in [1.807, 2.05) is 31.2 Å². The Kier molecular flexibility index (Phi) is 6.17. The molecule has 7 nitrogen and oxygen atoms in total. The summed E-state index contributed by atoms with van der Waals surface area (Å²) in [5, 5.41) is 14.8. The molecule has 0 heterocycles. The summed E-state index contributed by atoms with van der Waals surface area (Å²) < 4.78 is 5.51. The highest BCUT2D eigenvalue weighted by molar-refractivity contribution is 5.89. The summed E-state index contributed by atoms with van der Waals surface area (Å²) in [5.41, 5.74) is 3.42.